The summed E-state index contributed by atoms with van der Waals surface area (Å²) in [5.41, 5.74) is 4.99. The lowest BCUT2D eigenvalue weighted by molar-refractivity contribution is -0.113. The van der Waals surface area contributed by atoms with Crippen LogP contribution < -0.4 is 20.2 Å². The highest BCUT2D eigenvalue weighted by atomic mass is 35.5. The Morgan fingerprint density at radius 1 is 1.11 bits per heavy atom. The van der Waals surface area contributed by atoms with Crippen molar-refractivity contribution in [3.63, 3.8) is 0 Å². The van der Waals surface area contributed by atoms with Crippen LogP contribution in [0.2, 0.25) is 5.02 Å². The number of thiazole rings is 1. The van der Waals surface area contributed by atoms with Gasteiger partial charge in [0.05, 0.1) is 27.5 Å². The van der Waals surface area contributed by atoms with E-state index >= 15 is 0 Å². The number of hydrogen-bond acceptors (Lipinski definition) is 5. The molecule has 37 heavy (non-hydrogen) atoms. The van der Waals surface area contributed by atoms with Crippen LogP contribution in [0.15, 0.2) is 75.7 Å². The van der Waals surface area contributed by atoms with Crippen LogP contribution in [0.5, 0.6) is 0 Å². The predicted octanol–water partition coefficient (Wildman–Crippen LogP) is 4.36. The number of anilines is 1. The molecule has 0 fully saturated rings. The van der Waals surface area contributed by atoms with Crippen molar-refractivity contribution < 1.29 is 4.79 Å². The van der Waals surface area contributed by atoms with Gasteiger partial charge in [0, 0.05) is 28.5 Å². The number of rotatable bonds is 5. The van der Waals surface area contributed by atoms with Crippen LogP contribution in [0.25, 0.3) is 6.08 Å². The molecule has 1 aliphatic rings. The summed E-state index contributed by atoms with van der Waals surface area (Å²) in [5.74, 6) is -0.308. The number of allylic oxidation sites excluding steroid dienone is 1. The minimum absolute atomic E-state index is 0.204. The number of para-hydroxylation sites is 1. The summed E-state index contributed by atoms with van der Waals surface area (Å²) in [6.45, 7) is 8.53. The third kappa shape index (κ3) is 4.58. The van der Waals surface area contributed by atoms with Crippen molar-refractivity contribution in [2.45, 2.75) is 40.3 Å². The van der Waals surface area contributed by atoms with Crippen molar-refractivity contribution in [3.8, 4) is 0 Å². The van der Waals surface area contributed by atoms with E-state index in [1.165, 1.54) is 11.3 Å². The molecule has 4 aromatic rings. The van der Waals surface area contributed by atoms with E-state index < -0.39 is 6.04 Å². The van der Waals surface area contributed by atoms with Crippen LogP contribution in [0.4, 0.5) is 5.69 Å². The van der Waals surface area contributed by atoms with Gasteiger partial charge in [0.25, 0.3) is 11.5 Å². The Bertz CT molecular complexity index is 1710. The first-order valence-corrected chi connectivity index (χ1v) is 13.2. The molecule has 3 heterocycles. The van der Waals surface area contributed by atoms with Gasteiger partial charge in [-0.15, -0.1) is 0 Å². The average molecular weight is 532 g/mol. The predicted molar refractivity (Wildman–Crippen MR) is 148 cm³/mol. The molecule has 1 N–H and O–H groups in total. The van der Waals surface area contributed by atoms with Crippen LogP contribution in [0, 0.1) is 13.8 Å². The molecule has 5 rings (SSSR count). The van der Waals surface area contributed by atoms with Crippen molar-refractivity contribution in [2.75, 3.05) is 5.32 Å². The SMILES string of the molecule is CCn1nc(C)c(C=c2sc3n(c2=O)C(c2ccc(Cl)cc2)C(C(=O)Nc2ccccc2)=C(C)N=3)c1C. The van der Waals surface area contributed by atoms with Gasteiger partial charge in [0.1, 0.15) is 0 Å². The van der Waals surface area contributed by atoms with E-state index in [9.17, 15) is 9.59 Å². The second kappa shape index (κ2) is 9.95. The van der Waals surface area contributed by atoms with Crippen LogP contribution in [-0.4, -0.2) is 20.3 Å². The first kappa shape index (κ1) is 24.9. The van der Waals surface area contributed by atoms with Crippen LogP contribution in [0.1, 0.15) is 42.4 Å². The van der Waals surface area contributed by atoms with Gasteiger partial charge in [0.15, 0.2) is 4.80 Å². The minimum Gasteiger partial charge on any atom is -0.322 e. The zero-order chi connectivity index (χ0) is 26.3. The molecule has 0 spiro atoms. The maximum atomic E-state index is 13.9. The Kier molecular flexibility index (Phi) is 6.70. The van der Waals surface area contributed by atoms with Gasteiger partial charge >= 0.3 is 0 Å². The highest BCUT2D eigenvalue weighted by Crippen LogP contribution is 2.31. The summed E-state index contributed by atoms with van der Waals surface area (Å²) in [5, 5.41) is 8.11. The van der Waals surface area contributed by atoms with E-state index in [2.05, 4.69) is 10.4 Å². The number of hydrogen-bond donors (Lipinski definition) is 1. The molecule has 188 valence electrons. The lowest BCUT2D eigenvalue weighted by Crippen LogP contribution is -2.40. The molecular weight excluding hydrogens is 506 g/mol. The number of aromatic nitrogens is 3. The number of carbonyl (C=O) groups excluding carboxylic acids is 1. The van der Waals surface area contributed by atoms with E-state index in [4.69, 9.17) is 16.6 Å². The standard InChI is InChI=1S/C28H26ClN5O2S/c1-5-33-18(4)22(16(2)32-33)15-23-27(36)34-25(19-11-13-20(29)14-12-19)24(17(3)30-28(34)37-23)26(35)31-21-9-7-6-8-10-21/h6-15,25H,5H2,1-4H3,(H,31,35). The summed E-state index contributed by atoms with van der Waals surface area (Å²) >= 11 is 7.48. The second-order valence-electron chi connectivity index (χ2n) is 8.85. The van der Waals surface area contributed by atoms with Gasteiger partial charge in [0.2, 0.25) is 0 Å². The number of fused-ring (bicyclic) bond motifs is 1. The average Bonchev–Trinajstić information content (AvgIpc) is 3.34. The Hall–Kier alpha value is -3.75. The summed E-state index contributed by atoms with van der Waals surface area (Å²) in [6.07, 6.45) is 1.88. The maximum Gasteiger partial charge on any atom is 0.271 e. The summed E-state index contributed by atoms with van der Waals surface area (Å²) < 4.78 is 4.07. The monoisotopic (exact) mass is 531 g/mol. The van der Waals surface area contributed by atoms with Crippen molar-refractivity contribution >= 4 is 40.6 Å². The number of amides is 1. The Balaban J connectivity index is 1.69. The lowest BCUT2D eigenvalue weighted by Gasteiger charge is -2.25. The molecule has 2 aromatic carbocycles. The van der Waals surface area contributed by atoms with Crippen LogP contribution in [0.3, 0.4) is 0 Å². The molecule has 7 nitrogen and oxygen atoms in total. The summed E-state index contributed by atoms with van der Waals surface area (Å²) in [6, 6.07) is 15.8. The van der Waals surface area contributed by atoms with Gasteiger partial charge in [-0.05, 0) is 63.6 Å². The van der Waals surface area contributed by atoms with Gasteiger partial charge in [-0.2, -0.15) is 5.10 Å². The van der Waals surface area contributed by atoms with Crippen molar-refractivity contribution in [2.24, 2.45) is 4.99 Å². The maximum absolute atomic E-state index is 13.9. The van der Waals surface area contributed by atoms with Crippen molar-refractivity contribution in [1.82, 2.24) is 14.3 Å². The molecule has 0 bridgehead atoms. The fourth-order valence-electron chi connectivity index (χ4n) is 4.65. The third-order valence-electron chi connectivity index (χ3n) is 6.50. The van der Waals surface area contributed by atoms with E-state index in [1.54, 1.807) is 23.6 Å². The molecule has 1 unspecified atom stereocenters. The molecule has 1 aliphatic heterocycles. The second-order valence-corrected chi connectivity index (χ2v) is 10.3. The molecular formula is C28H26ClN5O2S. The highest BCUT2D eigenvalue weighted by molar-refractivity contribution is 7.07. The van der Waals surface area contributed by atoms with E-state index in [0.29, 0.717) is 31.3 Å². The fourth-order valence-corrected chi connectivity index (χ4v) is 5.81. The normalized spacial score (nSPS) is 15.5. The quantitative estimate of drug-likeness (QED) is 0.415. The summed E-state index contributed by atoms with van der Waals surface area (Å²) in [7, 11) is 0. The lowest BCUT2D eigenvalue weighted by atomic mass is 9.95. The molecule has 2 aromatic heterocycles. The van der Waals surface area contributed by atoms with Crippen molar-refractivity contribution in [3.05, 3.63) is 113 Å². The Morgan fingerprint density at radius 2 is 1.81 bits per heavy atom. The molecule has 1 atom stereocenters. The zero-order valence-corrected chi connectivity index (χ0v) is 22.5. The first-order chi connectivity index (χ1) is 17.8. The third-order valence-corrected chi connectivity index (χ3v) is 7.73. The van der Waals surface area contributed by atoms with Gasteiger partial charge in [-0.1, -0.05) is 53.3 Å². The smallest absolute Gasteiger partial charge is 0.271 e. The zero-order valence-electron chi connectivity index (χ0n) is 20.9. The van der Waals surface area contributed by atoms with Gasteiger partial charge < -0.3 is 5.32 Å². The topological polar surface area (TPSA) is 81.3 Å². The Labute approximate surface area is 223 Å². The summed E-state index contributed by atoms with van der Waals surface area (Å²) in [4.78, 5) is 32.7. The largest absolute Gasteiger partial charge is 0.322 e. The highest BCUT2D eigenvalue weighted by Gasteiger charge is 2.32. The number of nitrogens with zero attached hydrogens (tertiary/aromatic N) is 4. The Morgan fingerprint density at radius 3 is 2.46 bits per heavy atom. The fraction of sp³-hybridized carbons (Fsp3) is 0.214. The number of benzene rings is 2. The van der Waals surface area contributed by atoms with E-state index in [0.717, 1.165) is 29.1 Å². The minimum atomic E-state index is -0.653. The molecule has 9 heteroatoms. The molecule has 0 saturated heterocycles. The van der Waals surface area contributed by atoms with Gasteiger partial charge in [-0.3, -0.25) is 18.8 Å². The van der Waals surface area contributed by atoms with Gasteiger partial charge in [-0.25, -0.2) is 4.99 Å². The molecule has 0 radical (unpaired) electrons. The first-order valence-electron chi connectivity index (χ1n) is 12.0. The molecule has 1 amide bonds. The molecule has 0 aliphatic carbocycles. The van der Waals surface area contributed by atoms with E-state index in [1.807, 2.05) is 74.0 Å². The number of nitrogens with one attached hydrogen (secondary N) is 1. The van der Waals surface area contributed by atoms with Crippen molar-refractivity contribution in [1.29, 1.82) is 0 Å². The number of carbonyl (C=O) groups is 1. The molecule has 0 saturated carbocycles. The van der Waals surface area contributed by atoms with Crippen LogP contribution in [-0.2, 0) is 11.3 Å². The van der Waals surface area contributed by atoms with Crippen LogP contribution >= 0.6 is 22.9 Å². The number of aryl methyl sites for hydroxylation is 2. The number of halogens is 1. The van der Waals surface area contributed by atoms with E-state index in [-0.39, 0.29) is 11.5 Å².